The third kappa shape index (κ3) is 2.50. The molecule has 1 atom stereocenters. The Labute approximate surface area is 103 Å². The summed E-state index contributed by atoms with van der Waals surface area (Å²) in [6.45, 7) is 1.45. The molecule has 0 bridgehead atoms. The molecule has 0 heterocycles. The van der Waals surface area contributed by atoms with Gasteiger partial charge in [0.1, 0.15) is 23.0 Å². The van der Waals surface area contributed by atoms with Crippen molar-refractivity contribution in [3.05, 3.63) is 53.4 Å². The van der Waals surface area contributed by atoms with Crippen LogP contribution in [-0.2, 0) is 0 Å². The highest BCUT2D eigenvalue weighted by Crippen LogP contribution is 2.27. The van der Waals surface area contributed by atoms with E-state index in [0.29, 0.717) is 0 Å². The van der Waals surface area contributed by atoms with Crippen molar-refractivity contribution in [2.75, 3.05) is 0 Å². The first-order valence-corrected chi connectivity index (χ1v) is 5.45. The molecule has 0 fully saturated rings. The molecule has 0 saturated carbocycles. The molecule has 1 radical (unpaired) electrons. The van der Waals surface area contributed by atoms with Gasteiger partial charge >= 0.3 is 0 Å². The van der Waals surface area contributed by atoms with Crippen molar-refractivity contribution in [3.63, 3.8) is 0 Å². The lowest BCUT2D eigenvalue weighted by molar-refractivity contribution is 0.316. The van der Waals surface area contributed by atoms with E-state index in [4.69, 9.17) is 0 Å². The predicted molar refractivity (Wildman–Crippen MR) is 63.3 cm³/mol. The topological polar surface area (TPSA) is 0 Å². The molecule has 1 aromatic carbocycles. The zero-order chi connectivity index (χ0) is 13.3. The Hall–Kier alpha value is -1.52. The Morgan fingerprint density at radius 1 is 1.22 bits per heavy atom. The first-order valence-electron chi connectivity index (χ1n) is 5.45. The molecule has 0 amide bonds. The fourth-order valence-corrected chi connectivity index (χ4v) is 1.84. The van der Waals surface area contributed by atoms with Gasteiger partial charge in [0, 0.05) is 6.42 Å². The average molecular weight is 253 g/mol. The summed E-state index contributed by atoms with van der Waals surface area (Å²) in [6, 6.07) is 2.33. The van der Waals surface area contributed by atoms with E-state index in [2.05, 4.69) is 0 Å². The van der Waals surface area contributed by atoms with Crippen LogP contribution in [0.5, 0.6) is 0 Å². The van der Waals surface area contributed by atoms with E-state index < -0.39 is 34.9 Å². The van der Waals surface area contributed by atoms with Crippen molar-refractivity contribution in [1.29, 1.82) is 0 Å². The molecular weight excluding hydrogens is 243 g/mol. The zero-order valence-corrected chi connectivity index (χ0v) is 9.68. The fourth-order valence-electron chi connectivity index (χ4n) is 1.84. The summed E-state index contributed by atoms with van der Waals surface area (Å²) in [6.07, 6.45) is 2.85. The molecule has 1 aliphatic carbocycles. The van der Waals surface area contributed by atoms with Gasteiger partial charge in [0.15, 0.2) is 0 Å². The number of hydrogen-bond donors (Lipinski definition) is 0. The highest BCUT2D eigenvalue weighted by atomic mass is 19.2. The quantitative estimate of drug-likeness (QED) is 0.561. The summed E-state index contributed by atoms with van der Waals surface area (Å²) in [5.74, 6) is -2.35. The van der Waals surface area contributed by atoms with Gasteiger partial charge in [0.05, 0.1) is 0 Å². The molecule has 1 unspecified atom stereocenters. The number of rotatable bonds is 2. The minimum atomic E-state index is -2.20. The molecular formula is C13H10BF4. The summed E-state index contributed by atoms with van der Waals surface area (Å²) >= 11 is 0. The molecule has 0 N–H and O–H groups in total. The maximum absolute atomic E-state index is 14.2. The van der Waals surface area contributed by atoms with Gasteiger partial charge in [-0.1, -0.05) is 18.2 Å². The summed E-state index contributed by atoms with van der Waals surface area (Å²) in [7, 11) is 0.785. The molecule has 0 saturated heterocycles. The number of alkyl halides is 1. The van der Waals surface area contributed by atoms with E-state index in [1.165, 1.54) is 19.1 Å². The van der Waals surface area contributed by atoms with Crippen LogP contribution in [-0.4, -0.2) is 12.8 Å². The molecule has 0 aromatic heterocycles. The first-order chi connectivity index (χ1) is 8.41. The number of halogens is 4. The highest BCUT2D eigenvalue weighted by molar-refractivity contribution is 6.57. The van der Waals surface area contributed by atoms with Crippen LogP contribution >= 0.6 is 0 Å². The molecule has 93 valence electrons. The van der Waals surface area contributed by atoms with Crippen molar-refractivity contribution in [3.8, 4) is 0 Å². The normalized spacial score (nSPS) is 22.8. The molecule has 5 heteroatoms. The number of hydrogen-bond acceptors (Lipinski definition) is 0. The SMILES string of the molecule is Cc1ccc(F)c([B]C2(F)C=CC=C(F)C2)c1F. The van der Waals surface area contributed by atoms with Gasteiger partial charge in [0.2, 0.25) is 7.28 Å². The molecule has 0 aliphatic heterocycles. The second-order valence-corrected chi connectivity index (χ2v) is 4.31. The lowest BCUT2D eigenvalue weighted by Crippen LogP contribution is -2.41. The van der Waals surface area contributed by atoms with Crippen LogP contribution in [0.1, 0.15) is 12.0 Å². The van der Waals surface area contributed by atoms with Crippen LogP contribution < -0.4 is 5.46 Å². The summed E-state index contributed by atoms with van der Waals surface area (Å²) < 4.78 is 54.5. The maximum atomic E-state index is 14.2. The van der Waals surface area contributed by atoms with Crippen molar-refractivity contribution < 1.29 is 17.6 Å². The van der Waals surface area contributed by atoms with Crippen LogP contribution in [0.3, 0.4) is 0 Å². The first kappa shape index (κ1) is 12.9. The number of benzene rings is 1. The van der Waals surface area contributed by atoms with Crippen LogP contribution in [0.25, 0.3) is 0 Å². The Bertz CT molecular complexity index is 536. The number of allylic oxidation sites excluding steroid dienone is 4. The van der Waals surface area contributed by atoms with Gasteiger partial charge in [0.25, 0.3) is 0 Å². The number of aryl methyl sites for hydroxylation is 1. The molecule has 1 aromatic rings. The second kappa shape index (κ2) is 4.63. The summed E-state index contributed by atoms with van der Waals surface area (Å²) in [5.41, 5.74) is -2.45. The summed E-state index contributed by atoms with van der Waals surface area (Å²) in [4.78, 5) is 0. The van der Waals surface area contributed by atoms with Crippen LogP contribution in [0.15, 0.2) is 36.2 Å². The van der Waals surface area contributed by atoms with Gasteiger partial charge in [-0.05, 0) is 30.1 Å². The van der Waals surface area contributed by atoms with Gasteiger partial charge in [-0.15, -0.1) is 0 Å². The van der Waals surface area contributed by atoms with Gasteiger partial charge in [-0.25, -0.2) is 17.6 Å². The third-order valence-electron chi connectivity index (χ3n) is 2.79. The van der Waals surface area contributed by atoms with Crippen molar-refractivity contribution in [2.24, 2.45) is 0 Å². The van der Waals surface area contributed by atoms with Crippen LogP contribution in [0.4, 0.5) is 17.6 Å². The van der Waals surface area contributed by atoms with E-state index in [1.54, 1.807) is 0 Å². The Morgan fingerprint density at radius 2 is 1.94 bits per heavy atom. The smallest absolute Gasteiger partial charge is 0.215 e. The van der Waals surface area contributed by atoms with E-state index in [9.17, 15) is 17.6 Å². The monoisotopic (exact) mass is 253 g/mol. The maximum Gasteiger partial charge on any atom is 0.215 e. The van der Waals surface area contributed by atoms with Crippen LogP contribution in [0.2, 0.25) is 0 Å². The average Bonchev–Trinajstić information content (AvgIpc) is 2.29. The molecule has 1 aliphatic rings. The van der Waals surface area contributed by atoms with E-state index >= 15 is 0 Å². The largest absolute Gasteiger partial charge is 0.249 e. The molecule has 0 spiro atoms. The van der Waals surface area contributed by atoms with Gasteiger partial charge in [-0.3, -0.25) is 0 Å². The lowest BCUT2D eigenvalue weighted by atomic mass is 9.54. The molecule has 18 heavy (non-hydrogen) atoms. The van der Waals surface area contributed by atoms with Crippen LogP contribution in [0, 0.1) is 18.6 Å². The zero-order valence-electron chi connectivity index (χ0n) is 9.68. The Morgan fingerprint density at radius 3 is 2.61 bits per heavy atom. The van der Waals surface area contributed by atoms with Gasteiger partial charge < -0.3 is 0 Å². The third-order valence-corrected chi connectivity index (χ3v) is 2.79. The predicted octanol–water partition coefficient (Wildman–Crippen LogP) is 3.08. The van der Waals surface area contributed by atoms with E-state index in [1.807, 2.05) is 0 Å². The van der Waals surface area contributed by atoms with Crippen molar-refractivity contribution in [1.82, 2.24) is 0 Å². The lowest BCUT2D eigenvalue weighted by Gasteiger charge is -2.23. The highest BCUT2D eigenvalue weighted by Gasteiger charge is 2.34. The van der Waals surface area contributed by atoms with Crippen molar-refractivity contribution in [2.45, 2.75) is 18.9 Å². The fraction of sp³-hybridized carbons (Fsp3) is 0.231. The minimum absolute atomic E-state index is 0.210. The molecule has 0 nitrogen and oxygen atoms in total. The minimum Gasteiger partial charge on any atom is -0.249 e. The molecule has 2 rings (SSSR count). The second-order valence-electron chi connectivity index (χ2n) is 4.31. The van der Waals surface area contributed by atoms with E-state index in [-0.39, 0.29) is 5.56 Å². The summed E-state index contributed by atoms with van der Waals surface area (Å²) in [5, 5.41) is 0. The Balaban J connectivity index is 2.33. The standard InChI is InChI=1S/C13H10BF4/c1-8-4-5-10(16)11(12(8)17)14-13(18)6-2-3-9(15)7-13/h2-6H,7H2,1H3. The van der Waals surface area contributed by atoms with E-state index in [0.717, 1.165) is 25.5 Å². The van der Waals surface area contributed by atoms with Gasteiger partial charge in [-0.2, -0.15) is 0 Å². The Kier molecular flexibility index (Phi) is 3.33. The van der Waals surface area contributed by atoms with Crippen molar-refractivity contribution >= 4 is 12.7 Å².